The summed E-state index contributed by atoms with van der Waals surface area (Å²) in [5.74, 6) is 1.75. The van der Waals surface area contributed by atoms with Crippen LogP contribution in [0.5, 0.6) is 5.75 Å². The highest BCUT2D eigenvalue weighted by Crippen LogP contribution is 2.15. The maximum Gasteiger partial charge on any atom is 0.191 e. The van der Waals surface area contributed by atoms with E-state index in [1.807, 2.05) is 6.92 Å². The van der Waals surface area contributed by atoms with Gasteiger partial charge in [-0.2, -0.15) is 0 Å². The largest absolute Gasteiger partial charge is 0.488 e. The number of guanidine groups is 1. The SMILES string of the molecule is CCNC(=NCC(CC)Oc1cccc(F)c1)NCC1CCN(C)C1. The first-order valence-electron chi connectivity index (χ1n) is 9.23. The minimum absolute atomic E-state index is 0.0742. The number of benzene rings is 1. The van der Waals surface area contributed by atoms with Crippen LogP contribution in [0.3, 0.4) is 0 Å². The molecule has 0 radical (unpaired) electrons. The molecule has 25 heavy (non-hydrogen) atoms. The Labute approximate surface area is 150 Å². The third-order valence-electron chi connectivity index (χ3n) is 4.40. The summed E-state index contributed by atoms with van der Waals surface area (Å²) in [6, 6.07) is 6.26. The molecule has 1 aromatic rings. The van der Waals surface area contributed by atoms with Gasteiger partial charge in [-0.1, -0.05) is 13.0 Å². The van der Waals surface area contributed by atoms with Crippen LogP contribution in [-0.2, 0) is 0 Å². The van der Waals surface area contributed by atoms with Crippen LogP contribution in [0.25, 0.3) is 0 Å². The minimum atomic E-state index is -0.285. The zero-order chi connectivity index (χ0) is 18.1. The normalized spacial score (nSPS) is 19.7. The van der Waals surface area contributed by atoms with E-state index in [-0.39, 0.29) is 11.9 Å². The number of nitrogens with one attached hydrogen (secondary N) is 2. The fourth-order valence-corrected chi connectivity index (χ4v) is 2.95. The van der Waals surface area contributed by atoms with Crippen LogP contribution in [0, 0.1) is 11.7 Å². The average molecular weight is 350 g/mol. The lowest BCUT2D eigenvalue weighted by atomic mass is 10.1. The summed E-state index contributed by atoms with van der Waals surface area (Å²) in [6.45, 7) is 8.68. The van der Waals surface area contributed by atoms with E-state index in [1.54, 1.807) is 12.1 Å². The average Bonchev–Trinajstić information content (AvgIpc) is 3.01. The Balaban J connectivity index is 1.86. The van der Waals surface area contributed by atoms with Gasteiger partial charge in [0.25, 0.3) is 0 Å². The molecule has 1 fully saturated rings. The van der Waals surface area contributed by atoms with Crippen LogP contribution >= 0.6 is 0 Å². The first-order chi connectivity index (χ1) is 12.1. The van der Waals surface area contributed by atoms with Gasteiger partial charge in [-0.05, 0) is 51.4 Å². The Morgan fingerprint density at radius 1 is 1.40 bits per heavy atom. The molecule has 2 N–H and O–H groups in total. The Morgan fingerprint density at radius 2 is 2.24 bits per heavy atom. The third kappa shape index (κ3) is 6.90. The van der Waals surface area contributed by atoms with Gasteiger partial charge in [0.2, 0.25) is 0 Å². The molecule has 1 aromatic carbocycles. The van der Waals surface area contributed by atoms with Crippen LogP contribution in [0.15, 0.2) is 29.3 Å². The number of aliphatic imine (C=N–C) groups is 1. The summed E-state index contributed by atoms with van der Waals surface area (Å²) in [6.07, 6.45) is 1.96. The van der Waals surface area contributed by atoms with E-state index < -0.39 is 0 Å². The number of hydrogen-bond acceptors (Lipinski definition) is 3. The highest BCUT2D eigenvalue weighted by molar-refractivity contribution is 5.79. The van der Waals surface area contributed by atoms with E-state index in [4.69, 9.17) is 4.74 Å². The second-order valence-corrected chi connectivity index (χ2v) is 6.62. The predicted octanol–water partition coefficient (Wildman–Crippen LogP) is 2.49. The Bertz CT molecular complexity index is 552. The van der Waals surface area contributed by atoms with Gasteiger partial charge in [-0.3, -0.25) is 0 Å². The monoisotopic (exact) mass is 350 g/mol. The Kier molecular flexibility index (Phi) is 7.98. The molecule has 2 unspecified atom stereocenters. The molecule has 0 saturated carbocycles. The second kappa shape index (κ2) is 10.2. The lowest BCUT2D eigenvalue weighted by Gasteiger charge is -2.18. The molecule has 0 aromatic heterocycles. The second-order valence-electron chi connectivity index (χ2n) is 6.62. The summed E-state index contributed by atoms with van der Waals surface area (Å²) in [5.41, 5.74) is 0. The highest BCUT2D eigenvalue weighted by atomic mass is 19.1. The summed E-state index contributed by atoms with van der Waals surface area (Å²) < 4.78 is 19.1. The molecule has 140 valence electrons. The van der Waals surface area contributed by atoms with Gasteiger partial charge in [-0.25, -0.2) is 9.38 Å². The van der Waals surface area contributed by atoms with Gasteiger partial charge < -0.3 is 20.3 Å². The van der Waals surface area contributed by atoms with E-state index in [2.05, 4.69) is 34.5 Å². The fraction of sp³-hybridized carbons (Fsp3) is 0.632. The molecule has 0 bridgehead atoms. The van der Waals surface area contributed by atoms with Crippen molar-refractivity contribution in [3.05, 3.63) is 30.1 Å². The predicted molar refractivity (Wildman–Crippen MR) is 101 cm³/mol. The van der Waals surface area contributed by atoms with Crippen molar-refractivity contribution in [1.29, 1.82) is 0 Å². The van der Waals surface area contributed by atoms with Crippen molar-refractivity contribution in [2.45, 2.75) is 32.8 Å². The van der Waals surface area contributed by atoms with Crippen molar-refractivity contribution < 1.29 is 9.13 Å². The standard InChI is InChI=1S/C19H31FN4O/c1-4-17(25-18-8-6-7-16(20)11-18)13-23-19(21-5-2)22-12-15-9-10-24(3)14-15/h6-8,11,15,17H,4-5,9-10,12-14H2,1-3H3,(H2,21,22,23). The molecule has 0 amide bonds. The van der Waals surface area contributed by atoms with Crippen LogP contribution in [0.2, 0.25) is 0 Å². The number of nitrogens with zero attached hydrogens (tertiary/aromatic N) is 2. The van der Waals surface area contributed by atoms with Crippen molar-refractivity contribution in [3.63, 3.8) is 0 Å². The van der Waals surface area contributed by atoms with E-state index in [0.717, 1.165) is 32.0 Å². The first-order valence-corrected chi connectivity index (χ1v) is 9.23. The third-order valence-corrected chi connectivity index (χ3v) is 4.40. The Hall–Kier alpha value is -1.82. The molecule has 1 heterocycles. The van der Waals surface area contributed by atoms with Crippen LogP contribution < -0.4 is 15.4 Å². The van der Waals surface area contributed by atoms with Gasteiger partial charge >= 0.3 is 0 Å². The number of ether oxygens (including phenoxy) is 1. The molecular weight excluding hydrogens is 319 g/mol. The molecule has 6 heteroatoms. The van der Waals surface area contributed by atoms with Gasteiger partial charge in [-0.15, -0.1) is 0 Å². The van der Waals surface area contributed by atoms with Gasteiger partial charge in [0.05, 0.1) is 6.54 Å². The first kappa shape index (κ1) is 19.5. The maximum absolute atomic E-state index is 13.3. The van der Waals surface area contributed by atoms with Crippen molar-refractivity contribution >= 4 is 5.96 Å². The smallest absolute Gasteiger partial charge is 0.191 e. The highest BCUT2D eigenvalue weighted by Gasteiger charge is 2.19. The zero-order valence-corrected chi connectivity index (χ0v) is 15.6. The lowest BCUT2D eigenvalue weighted by Crippen LogP contribution is -2.41. The fourth-order valence-electron chi connectivity index (χ4n) is 2.95. The van der Waals surface area contributed by atoms with E-state index in [9.17, 15) is 4.39 Å². The molecular formula is C19H31FN4O. The lowest BCUT2D eigenvalue weighted by molar-refractivity contribution is 0.205. The van der Waals surface area contributed by atoms with E-state index in [0.29, 0.717) is 18.2 Å². The number of rotatable bonds is 8. The quantitative estimate of drug-likeness (QED) is 0.559. The molecule has 5 nitrogen and oxygen atoms in total. The summed E-state index contributed by atoms with van der Waals surface area (Å²) in [4.78, 5) is 7.00. The molecule has 1 saturated heterocycles. The summed E-state index contributed by atoms with van der Waals surface area (Å²) in [7, 11) is 2.16. The molecule has 1 aliphatic rings. The van der Waals surface area contributed by atoms with Crippen molar-refractivity contribution in [2.24, 2.45) is 10.9 Å². The van der Waals surface area contributed by atoms with Crippen molar-refractivity contribution in [3.8, 4) is 5.75 Å². The van der Waals surface area contributed by atoms with Crippen LogP contribution in [0.1, 0.15) is 26.7 Å². The van der Waals surface area contributed by atoms with Crippen molar-refractivity contribution in [2.75, 3.05) is 39.8 Å². The number of hydrogen-bond donors (Lipinski definition) is 2. The minimum Gasteiger partial charge on any atom is -0.488 e. The van der Waals surface area contributed by atoms with Gasteiger partial charge in [0, 0.05) is 25.7 Å². The molecule has 2 atom stereocenters. The topological polar surface area (TPSA) is 48.9 Å². The van der Waals surface area contributed by atoms with Crippen LogP contribution in [0.4, 0.5) is 4.39 Å². The van der Waals surface area contributed by atoms with E-state index >= 15 is 0 Å². The number of halogens is 1. The molecule has 0 spiro atoms. The summed E-state index contributed by atoms with van der Waals surface area (Å²) in [5, 5.41) is 6.71. The number of likely N-dealkylation sites (tertiary alicyclic amines) is 1. The van der Waals surface area contributed by atoms with E-state index in [1.165, 1.54) is 25.1 Å². The van der Waals surface area contributed by atoms with Crippen LogP contribution in [-0.4, -0.2) is 56.7 Å². The molecule has 2 rings (SSSR count). The molecule has 1 aliphatic heterocycles. The maximum atomic E-state index is 13.3. The Morgan fingerprint density at radius 3 is 2.88 bits per heavy atom. The summed E-state index contributed by atoms with van der Waals surface area (Å²) >= 11 is 0. The van der Waals surface area contributed by atoms with Gasteiger partial charge in [0.1, 0.15) is 17.7 Å². The van der Waals surface area contributed by atoms with Gasteiger partial charge in [0.15, 0.2) is 5.96 Å². The van der Waals surface area contributed by atoms with Crippen molar-refractivity contribution in [1.82, 2.24) is 15.5 Å². The zero-order valence-electron chi connectivity index (χ0n) is 15.6. The molecule has 0 aliphatic carbocycles.